The maximum Gasteiger partial charge on any atom is 0.323 e. The van der Waals surface area contributed by atoms with Crippen LogP contribution >= 0.6 is 7.44 Å². The average Bonchev–Trinajstić information content (AvgIpc) is 3.10. The van der Waals surface area contributed by atoms with Gasteiger partial charge in [-0.2, -0.15) is 0 Å². The van der Waals surface area contributed by atoms with Crippen molar-refractivity contribution >= 4 is 25.2 Å². The fraction of sp³-hybridized carbons (Fsp3) is 0.625. The van der Waals surface area contributed by atoms with Crippen LogP contribution in [0.3, 0.4) is 0 Å². The molecule has 13 heteroatoms. The number of aromatic hydroxyl groups is 1. The molecule has 0 amide bonds. The molecule has 0 aromatic heterocycles. The van der Waals surface area contributed by atoms with Crippen LogP contribution in [-0.4, -0.2) is 67.6 Å². The number of unbranched alkanes of at least 4 members (excludes halogenated alkanes) is 2. The van der Waals surface area contributed by atoms with Crippen molar-refractivity contribution in [3.63, 3.8) is 0 Å². The Balaban J connectivity index is 0.00000333. The number of nitrogens with two attached hydrogens (primary N) is 2. The molecule has 0 aliphatic carbocycles. The SMILES string of the molecule is CC(C)=O.CCCOC(=O)C(CCCCN)NP(=O)(COc1cc(C)c(Cc2ccc(O)c(C(C)C)c2)c(C)c1)NC(CCCCN)C(=O)OCCC. The molecular formula is C40H67N4O8P. The number of aryl methyl sites for hydroxylation is 2. The van der Waals surface area contributed by atoms with Crippen LogP contribution in [0.4, 0.5) is 0 Å². The van der Waals surface area contributed by atoms with Gasteiger partial charge in [-0.05, 0) is 138 Å². The number of carbonyl (C=O) groups is 3. The molecule has 0 aliphatic heterocycles. The molecule has 0 bridgehead atoms. The maximum atomic E-state index is 14.8. The minimum Gasteiger partial charge on any atom is -0.508 e. The number of Topliss-reactive ketones (excluding diaryl/α,β-unsaturated/α-hetero) is 1. The van der Waals surface area contributed by atoms with Gasteiger partial charge in [0.2, 0.25) is 7.44 Å². The van der Waals surface area contributed by atoms with E-state index in [1.165, 1.54) is 13.8 Å². The van der Waals surface area contributed by atoms with Crippen molar-refractivity contribution in [1.29, 1.82) is 0 Å². The average molecular weight is 763 g/mol. The fourth-order valence-electron chi connectivity index (χ4n) is 5.54. The quantitative estimate of drug-likeness (QED) is 0.0422. The van der Waals surface area contributed by atoms with Crippen LogP contribution in [-0.2, 0) is 34.8 Å². The summed E-state index contributed by atoms with van der Waals surface area (Å²) in [6.07, 6.45) is 4.96. The summed E-state index contributed by atoms with van der Waals surface area (Å²) in [5, 5.41) is 16.4. The summed E-state index contributed by atoms with van der Waals surface area (Å²) in [7, 11) is -3.79. The number of hydrogen-bond donors (Lipinski definition) is 5. The molecule has 7 N–H and O–H groups in total. The van der Waals surface area contributed by atoms with Crippen molar-refractivity contribution in [3.8, 4) is 11.5 Å². The van der Waals surface area contributed by atoms with Crippen LogP contribution in [0, 0.1) is 13.8 Å². The first kappa shape index (κ1) is 47.7. The summed E-state index contributed by atoms with van der Waals surface area (Å²) in [6.45, 7) is 16.4. The summed E-state index contributed by atoms with van der Waals surface area (Å²) >= 11 is 0. The van der Waals surface area contributed by atoms with E-state index in [9.17, 15) is 24.1 Å². The van der Waals surface area contributed by atoms with E-state index in [1.54, 1.807) is 6.07 Å². The number of phenolic OH excluding ortho intramolecular Hbond substituents is 1. The van der Waals surface area contributed by atoms with Crippen LogP contribution < -0.4 is 26.4 Å². The first-order chi connectivity index (χ1) is 25.1. The second-order valence-corrected chi connectivity index (χ2v) is 16.2. The highest BCUT2D eigenvalue weighted by molar-refractivity contribution is 7.59. The highest BCUT2D eigenvalue weighted by Crippen LogP contribution is 2.40. The molecule has 53 heavy (non-hydrogen) atoms. The zero-order valence-corrected chi connectivity index (χ0v) is 34.3. The lowest BCUT2D eigenvalue weighted by molar-refractivity contribution is -0.146. The number of rotatable bonds is 24. The van der Waals surface area contributed by atoms with Gasteiger partial charge in [0, 0.05) is 0 Å². The van der Waals surface area contributed by atoms with Crippen molar-refractivity contribution < 1.29 is 38.3 Å². The Morgan fingerprint density at radius 1 is 0.811 bits per heavy atom. The lowest BCUT2D eigenvalue weighted by Crippen LogP contribution is -2.45. The van der Waals surface area contributed by atoms with E-state index in [0.29, 0.717) is 82.4 Å². The topological polar surface area (TPSA) is 192 Å². The van der Waals surface area contributed by atoms with Crippen molar-refractivity contribution in [2.24, 2.45) is 11.5 Å². The third-order valence-electron chi connectivity index (χ3n) is 8.27. The first-order valence-corrected chi connectivity index (χ1v) is 20.9. The minimum atomic E-state index is -3.79. The van der Waals surface area contributed by atoms with Gasteiger partial charge >= 0.3 is 11.9 Å². The van der Waals surface area contributed by atoms with Gasteiger partial charge in [-0.15, -0.1) is 0 Å². The zero-order valence-electron chi connectivity index (χ0n) is 33.4. The molecule has 0 radical (unpaired) electrons. The molecule has 0 heterocycles. The van der Waals surface area contributed by atoms with Crippen molar-refractivity contribution in [3.05, 3.63) is 58.1 Å². The molecule has 2 rings (SSSR count). The predicted molar refractivity (Wildman–Crippen MR) is 213 cm³/mol. The Labute approximate surface area is 318 Å². The Kier molecular flexibility index (Phi) is 23.1. The van der Waals surface area contributed by atoms with Gasteiger partial charge in [-0.25, -0.2) is 10.2 Å². The van der Waals surface area contributed by atoms with Crippen molar-refractivity contribution in [2.75, 3.05) is 32.7 Å². The smallest absolute Gasteiger partial charge is 0.323 e. The van der Waals surface area contributed by atoms with Gasteiger partial charge in [0.05, 0.1) is 13.2 Å². The zero-order chi connectivity index (χ0) is 40.0. The van der Waals surface area contributed by atoms with Gasteiger partial charge in [-0.3, -0.25) is 14.2 Å². The van der Waals surface area contributed by atoms with E-state index in [2.05, 4.69) is 24.0 Å². The lowest BCUT2D eigenvalue weighted by Gasteiger charge is -2.29. The van der Waals surface area contributed by atoms with Crippen LogP contribution in [0.5, 0.6) is 11.5 Å². The fourth-order valence-corrected chi connectivity index (χ4v) is 7.57. The summed E-state index contributed by atoms with van der Waals surface area (Å²) in [6, 6.07) is 7.72. The van der Waals surface area contributed by atoms with Crippen molar-refractivity contribution in [2.45, 2.75) is 131 Å². The molecule has 0 saturated heterocycles. The van der Waals surface area contributed by atoms with E-state index >= 15 is 0 Å². The summed E-state index contributed by atoms with van der Waals surface area (Å²) in [4.78, 5) is 35.7. The lowest BCUT2D eigenvalue weighted by atomic mass is 9.93. The molecule has 2 aromatic rings. The normalized spacial score (nSPS) is 13.3. The molecule has 0 fully saturated rings. The van der Waals surface area contributed by atoms with Crippen LogP contribution in [0.1, 0.15) is 127 Å². The van der Waals surface area contributed by atoms with E-state index in [0.717, 1.165) is 27.8 Å². The Hall–Kier alpha value is -3.28. The number of esters is 2. The molecule has 0 saturated carbocycles. The van der Waals surface area contributed by atoms with E-state index in [-0.39, 0.29) is 31.3 Å². The van der Waals surface area contributed by atoms with E-state index in [4.69, 9.17) is 25.7 Å². The Bertz CT molecular complexity index is 1400. The number of nitrogens with one attached hydrogen (secondary N) is 2. The van der Waals surface area contributed by atoms with Crippen LogP contribution in [0.15, 0.2) is 30.3 Å². The first-order valence-electron chi connectivity index (χ1n) is 19.0. The van der Waals surface area contributed by atoms with Gasteiger partial charge in [0.25, 0.3) is 0 Å². The largest absolute Gasteiger partial charge is 0.508 e. The second kappa shape index (κ2) is 25.7. The van der Waals surface area contributed by atoms with Crippen LogP contribution in [0.2, 0.25) is 0 Å². The monoisotopic (exact) mass is 762 g/mol. The highest BCUT2D eigenvalue weighted by atomic mass is 31.2. The van der Waals surface area contributed by atoms with Gasteiger partial charge in [0.15, 0.2) is 6.35 Å². The van der Waals surface area contributed by atoms with Crippen LogP contribution in [0.25, 0.3) is 0 Å². The Morgan fingerprint density at radius 3 is 1.70 bits per heavy atom. The summed E-state index contributed by atoms with van der Waals surface area (Å²) < 4.78 is 31.9. The second-order valence-electron chi connectivity index (χ2n) is 13.9. The number of benzene rings is 2. The third kappa shape index (κ3) is 18.5. The number of hydrogen-bond acceptors (Lipinski definition) is 10. The molecule has 2 atom stereocenters. The van der Waals surface area contributed by atoms with E-state index < -0.39 is 31.5 Å². The van der Waals surface area contributed by atoms with Gasteiger partial charge < -0.3 is 35.6 Å². The molecule has 300 valence electrons. The number of ether oxygens (including phenoxy) is 3. The number of phenols is 1. The van der Waals surface area contributed by atoms with Gasteiger partial charge in [-0.1, -0.05) is 52.7 Å². The molecule has 0 spiro atoms. The van der Waals surface area contributed by atoms with Gasteiger partial charge in [0.1, 0.15) is 29.4 Å². The maximum absolute atomic E-state index is 14.8. The molecule has 0 aliphatic rings. The van der Waals surface area contributed by atoms with Crippen molar-refractivity contribution in [1.82, 2.24) is 10.2 Å². The molecule has 2 unspecified atom stereocenters. The predicted octanol–water partition coefficient (Wildman–Crippen LogP) is 6.93. The molecule has 2 aromatic carbocycles. The molecule has 12 nitrogen and oxygen atoms in total. The number of ketones is 1. The minimum absolute atomic E-state index is 0.167. The van der Waals surface area contributed by atoms with E-state index in [1.807, 2.05) is 52.0 Å². The number of carbonyl (C=O) groups excluding carboxylic acids is 3. The highest BCUT2D eigenvalue weighted by Gasteiger charge is 2.36. The summed E-state index contributed by atoms with van der Waals surface area (Å²) in [5.41, 5.74) is 16.5. The summed E-state index contributed by atoms with van der Waals surface area (Å²) in [5.74, 6) is 0.138. The standard InChI is InChI=1S/C37H61N4O7P.C3H6O/c1-7-19-46-36(43)33(13-9-11-17-38)40-49(45,41-34(14-10-12-18-39)37(44)47-20-8-2)25-48-30-21-27(5)32(28(6)22-30)24-29-15-16-35(42)31(23-29)26(3)4;1-3(2)4/h15-16,21-23,26,33-34,42H,7-14,17-20,24-25,38-39H2,1-6H3,(H2,40,41,45);1-2H3. The Morgan fingerprint density at radius 2 is 1.28 bits per heavy atom. The molecular weight excluding hydrogens is 695 g/mol. The third-order valence-corrected chi connectivity index (χ3v) is 10.2.